The molecule has 0 bridgehead atoms. The van der Waals surface area contributed by atoms with Gasteiger partial charge >= 0.3 is 0 Å². The van der Waals surface area contributed by atoms with E-state index in [-0.39, 0.29) is 6.10 Å². The number of nitrogens with zero attached hydrogens (tertiary/aromatic N) is 1. The van der Waals surface area contributed by atoms with Crippen LogP contribution in [0.1, 0.15) is 12.5 Å². The molecule has 0 saturated heterocycles. The van der Waals surface area contributed by atoms with E-state index < -0.39 is 0 Å². The molecule has 2 rings (SSSR count). The standard InChI is InChI=1S/C12H15NO/c1-9(14)7-10-3-4-12-11(8-10)5-6-13(12)2/h3-6,8-9,14H,7H2,1-2H3. The van der Waals surface area contributed by atoms with Crippen molar-refractivity contribution in [1.82, 2.24) is 4.57 Å². The summed E-state index contributed by atoms with van der Waals surface area (Å²) in [6, 6.07) is 8.42. The predicted octanol–water partition coefficient (Wildman–Crippen LogP) is 2.10. The van der Waals surface area contributed by atoms with Gasteiger partial charge in [-0.25, -0.2) is 0 Å². The van der Waals surface area contributed by atoms with E-state index in [1.807, 2.05) is 14.0 Å². The van der Waals surface area contributed by atoms with Crippen LogP contribution in [0, 0.1) is 0 Å². The van der Waals surface area contributed by atoms with Crippen LogP contribution in [-0.2, 0) is 13.5 Å². The maximum Gasteiger partial charge on any atom is 0.0552 e. The minimum atomic E-state index is -0.267. The molecule has 1 aromatic heterocycles. The highest BCUT2D eigenvalue weighted by atomic mass is 16.3. The second-order valence-corrected chi connectivity index (χ2v) is 3.87. The molecule has 2 nitrogen and oxygen atoms in total. The van der Waals surface area contributed by atoms with Crippen LogP contribution >= 0.6 is 0 Å². The van der Waals surface area contributed by atoms with Crippen molar-refractivity contribution in [3.8, 4) is 0 Å². The van der Waals surface area contributed by atoms with E-state index in [9.17, 15) is 5.11 Å². The topological polar surface area (TPSA) is 25.2 Å². The lowest BCUT2D eigenvalue weighted by Crippen LogP contribution is -2.03. The van der Waals surface area contributed by atoms with Crippen LogP contribution in [0.2, 0.25) is 0 Å². The first kappa shape index (κ1) is 9.28. The first-order chi connectivity index (χ1) is 6.66. The van der Waals surface area contributed by atoms with E-state index in [1.165, 1.54) is 16.5 Å². The van der Waals surface area contributed by atoms with Crippen LogP contribution in [-0.4, -0.2) is 15.8 Å². The zero-order valence-corrected chi connectivity index (χ0v) is 8.57. The Morgan fingerprint density at radius 2 is 2.14 bits per heavy atom. The van der Waals surface area contributed by atoms with Gasteiger partial charge in [-0.2, -0.15) is 0 Å². The predicted molar refractivity (Wildman–Crippen MR) is 58.3 cm³/mol. The number of rotatable bonds is 2. The monoisotopic (exact) mass is 189 g/mol. The van der Waals surface area contributed by atoms with E-state index in [1.54, 1.807) is 0 Å². The molecule has 0 amide bonds. The SMILES string of the molecule is CC(O)Cc1ccc2c(ccn2C)c1. The molecule has 0 aliphatic rings. The first-order valence-electron chi connectivity index (χ1n) is 4.89. The van der Waals surface area contributed by atoms with Gasteiger partial charge in [0.25, 0.3) is 0 Å². The Labute approximate surface area is 83.8 Å². The molecule has 0 aliphatic heterocycles. The highest BCUT2D eigenvalue weighted by molar-refractivity contribution is 5.80. The zero-order chi connectivity index (χ0) is 10.1. The van der Waals surface area contributed by atoms with Crippen LogP contribution in [0.4, 0.5) is 0 Å². The summed E-state index contributed by atoms with van der Waals surface area (Å²) in [5, 5.41) is 10.5. The van der Waals surface area contributed by atoms with Gasteiger partial charge in [-0.1, -0.05) is 6.07 Å². The van der Waals surface area contributed by atoms with Crippen LogP contribution in [0.25, 0.3) is 10.9 Å². The van der Waals surface area contributed by atoms with Crippen molar-refractivity contribution in [3.05, 3.63) is 36.0 Å². The van der Waals surface area contributed by atoms with Crippen molar-refractivity contribution in [3.63, 3.8) is 0 Å². The van der Waals surface area contributed by atoms with Gasteiger partial charge in [0, 0.05) is 18.8 Å². The molecule has 1 N–H and O–H groups in total. The Balaban J connectivity index is 2.42. The number of aliphatic hydroxyl groups excluding tert-OH is 1. The molecule has 1 aromatic carbocycles. The molecule has 0 fully saturated rings. The fourth-order valence-electron chi connectivity index (χ4n) is 1.80. The van der Waals surface area contributed by atoms with Crippen molar-refractivity contribution in [2.45, 2.75) is 19.4 Å². The third-order valence-electron chi connectivity index (χ3n) is 2.48. The Morgan fingerprint density at radius 1 is 1.36 bits per heavy atom. The summed E-state index contributed by atoms with van der Waals surface area (Å²) >= 11 is 0. The maximum absolute atomic E-state index is 9.28. The number of hydrogen-bond acceptors (Lipinski definition) is 1. The molecule has 1 heterocycles. The van der Waals surface area contributed by atoms with Crippen LogP contribution in [0.3, 0.4) is 0 Å². The van der Waals surface area contributed by atoms with Gasteiger partial charge in [0.05, 0.1) is 6.10 Å². The van der Waals surface area contributed by atoms with Crippen LogP contribution in [0.5, 0.6) is 0 Å². The van der Waals surface area contributed by atoms with Gasteiger partial charge in [0.15, 0.2) is 0 Å². The highest BCUT2D eigenvalue weighted by Crippen LogP contribution is 2.17. The molecule has 1 atom stereocenters. The normalized spacial score (nSPS) is 13.4. The van der Waals surface area contributed by atoms with E-state index >= 15 is 0 Å². The molecular weight excluding hydrogens is 174 g/mol. The van der Waals surface area contributed by atoms with E-state index in [4.69, 9.17) is 0 Å². The van der Waals surface area contributed by atoms with E-state index in [0.717, 1.165) is 6.42 Å². The molecule has 1 unspecified atom stereocenters. The lowest BCUT2D eigenvalue weighted by Gasteiger charge is -2.04. The molecular formula is C12H15NO. The highest BCUT2D eigenvalue weighted by Gasteiger charge is 2.02. The van der Waals surface area contributed by atoms with Gasteiger partial charge in [0.1, 0.15) is 0 Å². The molecule has 0 saturated carbocycles. The molecule has 0 aliphatic carbocycles. The summed E-state index contributed by atoms with van der Waals surface area (Å²) in [6.07, 6.45) is 2.51. The third kappa shape index (κ3) is 1.66. The van der Waals surface area contributed by atoms with Gasteiger partial charge in [-0.05, 0) is 42.5 Å². The Hall–Kier alpha value is -1.28. The molecule has 14 heavy (non-hydrogen) atoms. The fraction of sp³-hybridized carbons (Fsp3) is 0.333. The summed E-state index contributed by atoms with van der Waals surface area (Å²) in [5.74, 6) is 0. The number of aliphatic hydroxyl groups is 1. The van der Waals surface area contributed by atoms with Crippen molar-refractivity contribution in [2.24, 2.45) is 7.05 Å². The molecule has 0 radical (unpaired) electrons. The van der Waals surface area contributed by atoms with Crippen LogP contribution < -0.4 is 0 Å². The van der Waals surface area contributed by atoms with E-state index in [0.29, 0.717) is 0 Å². The lowest BCUT2D eigenvalue weighted by molar-refractivity contribution is 0.195. The summed E-state index contributed by atoms with van der Waals surface area (Å²) in [7, 11) is 2.04. The molecule has 2 heteroatoms. The van der Waals surface area contributed by atoms with Crippen molar-refractivity contribution in [2.75, 3.05) is 0 Å². The number of aryl methyl sites for hydroxylation is 1. The number of fused-ring (bicyclic) bond motifs is 1. The average molecular weight is 189 g/mol. The number of aromatic nitrogens is 1. The Kier molecular flexibility index (Phi) is 2.30. The quantitative estimate of drug-likeness (QED) is 0.769. The minimum absolute atomic E-state index is 0.267. The third-order valence-corrected chi connectivity index (χ3v) is 2.48. The van der Waals surface area contributed by atoms with Gasteiger partial charge < -0.3 is 9.67 Å². The Morgan fingerprint density at radius 3 is 2.86 bits per heavy atom. The molecule has 0 spiro atoms. The summed E-state index contributed by atoms with van der Waals surface area (Å²) in [6.45, 7) is 1.81. The maximum atomic E-state index is 9.28. The van der Waals surface area contributed by atoms with Gasteiger partial charge in [-0.15, -0.1) is 0 Å². The number of benzene rings is 1. The summed E-state index contributed by atoms with van der Waals surface area (Å²) in [5.41, 5.74) is 2.43. The molecule has 74 valence electrons. The average Bonchev–Trinajstić information content (AvgIpc) is 2.46. The zero-order valence-electron chi connectivity index (χ0n) is 8.57. The van der Waals surface area contributed by atoms with Crippen molar-refractivity contribution >= 4 is 10.9 Å². The lowest BCUT2D eigenvalue weighted by atomic mass is 10.1. The Bertz CT molecular complexity index is 443. The second kappa shape index (κ2) is 3.46. The van der Waals surface area contributed by atoms with E-state index in [2.05, 4.69) is 35.0 Å². The van der Waals surface area contributed by atoms with Gasteiger partial charge in [0.2, 0.25) is 0 Å². The molecule has 2 aromatic rings. The summed E-state index contributed by atoms with van der Waals surface area (Å²) in [4.78, 5) is 0. The van der Waals surface area contributed by atoms with Crippen molar-refractivity contribution < 1.29 is 5.11 Å². The first-order valence-corrected chi connectivity index (χ1v) is 4.89. The van der Waals surface area contributed by atoms with Crippen molar-refractivity contribution in [1.29, 1.82) is 0 Å². The second-order valence-electron chi connectivity index (χ2n) is 3.87. The largest absolute Gasteiger partial charge is 0.393 e. The fourth-order valence-corrected chi connectivity index (χ4v) is 1.80. The van der Waals surface area contributed by atoms with Gasteiger partial charge in [-0.3, -0.25) is 0 Å². The summed E-state index contributed by atoms with van der Waals surface area (Å²) < 4.78 is 2.10. The smallest absolute Gasteiger partial charge is 0.0552 e. The van der Waals surface area contributed by atoms with Crippen LogP contribution in [0.15, 0.2) is 30.5 Å². The minimum Gasteiger partial charge on any atom is -0.393 e. The number of hydrogen-bond donors (Lipinski definition) is 1.